The Hall–Kier alpha value is -2.72. The van der Waals surface area contributed by atoms with Gasteiger partial charge in [-0.15, -0.1) is 11.3 Å². The second-order valence-electron chi connectivity index (χ2n) is 9.70. The van der Waals surface area contributed by atoms with Crippen LogP contribution in [0.15, 0.2) is 23.0 Å². The first kappa shape index (κ1) is 25.4. The Morgan fingerprint density at radius 3 is 2.46 bits per heavy atom. The van der Waals surface area contributed by atoms with Gasteiger partial charge in [0.2, 0.25) is 0 Å². The quantitative estimate of drug-likeness (QED) is 0.467. The van der Waals surface area contributed by atoms with Crippen molar-refractivity contribution in [1.82, 2.24) is 9.47 Å². The number of rotatable bonds is 5. The van der Waals surface area contributed by atoms with Crippen molar-refractivity contribution in [1.29, 1.82) is 0 Å². The summed E-state index contributed by atoms with van der Waals surface area (Å²) in [6, 6.07) is 5.42. The lowest BCUT2D eigenvalue weighted by atomic mass is 9.83. The van der Waals surface area contributed by atoms with E-state index in [0.717, 1.165) is 23.5 Å². The number of carbonyl (C=O) groups is 2. The summed E-state index contributed by atoms with van der Waals surface area (Å²) in [7, 11) is 0. The number of thiophene rings is 1. The summed E-state index contributed by atoms with van der Waals surface area (Å²) < 4.78 is 12.7. The van der Waals surface area contributed by atoms with Gasteiger partial charge in [-0.2, -0.15) is 0 Å². The van der Waals surface area contributed by atoms with Crippen LogP contribution >= 0.6 is 23.6 Å². The van der Waals surface area contributed by atoms with E-state index in [1.54, 1.807) is 40.7 Å². The first-order valence-corrected chi connectivity index (χ1v) is 13.1. The van der Waals surface area contributed by atoms with Gasteiger partial charge in [-0.25, -0.2) is 9.59 Å². The van der Waals surface area contributed by atoms with Gasteiger partial charge in [0.15, 0.2) is 5.11 Å². The van der Waals surface area contributed by atoms with E-state index in [4.69, 9.17) is 21.7 Å². The molecule has 0 spiro atoms. The molecule has 2 aromatic rings. The molecule has 2 aromatic heterocycles. The highest BCUT2D eigenvalue weighted by atomic mass is 32.1. The summed E-state index contributed by atoms with van der Waals surface area (Å²) in [6.07, 6.45) is 0.422. The monoisotopic (exact) mass is 517 g/mol. The van der Waals surface area contributed by atoms with Crippen LogP contribution in [0.5, 0.6) is 0 Å². The summed E-state index contributed by atoms with van der Waals surface area (Å²) >= 11 is 6.91. The lowest BCUT2D eigenvalue weighted by Crippen LogP contribution is -2.50. The third-order valence-corrected chi connectivity index (χ3v) is 7.76. The zero-order valence-electron chi connectivity index (χ0n) is 20.6. The maximum Gasteiger partial charge on any atom is 0.348 e. The maximum atomic E-state index is 12.9. The van der Waals surface area contributed by atoms with Gasteiger partial charge in [0.25, 0.3) is 5.56 Å². The van der Waals surface area contributed by atoms with Crippen molar-refractivity contribution in [2.24, 2.45) is 5.92 Å². The van der Waals surface area contributed by atoms with Crippen molar-refractivity contribution in [3.05, 3.63) is 50.3 Å². The van der Waals surface area contributed by atoms with Crippen molar-refractivity contribution >= 4 is 45.6 Å². The largest absolute Gasteiger partial charge is 0.459 e. The van der Waals surface area contributed by atoms with E-state index in [2.05, 4.69) is 10.2 Å². The lowest BCUT2D eigenvalue weighted by Gasteiger charge is -2.43. The minimum Gasteiger partial charge on any atom is -0.459 e. The molecule has 35 heavy (non-hydrogen) atoms. The summed E-state index contributed by atoms with van der Waals surface area (Å²) in [5.74, 6) is -0.489. The number of aromatic nitrogens is 1. The van der Waals surface area contributed by atoms with Crippen molar-refractivity contribution in [3.8, 4) is 0 Å². The number of hydrogen-bond donors (Lipinski definition) is 1. The van der Waals surface area contributed by atoms with Crippen LogP contribution < -0.4 is 10.9 Å². The smallest absolute Gasteiger partial charge is 0.348 e. The normalized spacial score (nSPS) is 18.9. The second kappa shape index (κ2) is 10.1. The molecule has 0 saturated carbocycles. The highest BCUT2D eigenvalue weighted by Gasteiger charge is 2.36. The average molecular weight is 518 g/mol. The molecule has 10 heteroatoms. The van der Waals surface area contributed by atoms with Crippen LogP contribution in [-0.4, -0.2) is 51.8 Å². The maximum absolute atomic E-state index is 12.9. The van der Waals surface area contributed by atoms with E-state index in [1.807, 2.05) is 16.7 Å². The molecular weight excluding hydrogens is 486 g/mol. The van der Waals surface area contributed by atoms with E-state index in [0.29, 0.717) is 51.7 Å². The summed E-state index contributed by atoms with van der Waals surface area (Å²) in [5.41, 5.74) is 1.89. The van der Waals surface area contributed by atoms with E-state index in [-0.39, 0.29) is 23.7 Å². The molecule has 1 fully saturated rings. The SMILES string of the molecule is Cc1c(C(=O)OC(C)C)sc(NC(=S)N2C[C@H]3C[C@@H](C2)c2cccc(=O)n2C3)c1C(=O)OC(C)C. The number of pyridine rings is 1. The fraction of sp³-hybridized carbons (Fsp3) is 0.520. The molecule has 0 aliphatic carbocycles. The van der Waals surface area contributed by atoms with Gasteiger partial charge in [-0.05, 0) is 70.8 Å². The summed E-state index contributed by atoms with van der Waals surface area (Å²) in [4.78, 5) is 40.4. The standard InChI is InChI=1S/C25H31N3O5S2/c1-13(2)32-23(30)20-15(5)21(24(31)33-14(3)4)35-22(20)26-25(34)27-10-16-9-17(12-27)18-7-6-8-19(29)28(18)11-16/h6-8,13-14,16-17H,9-12H2,1-5H3,(H,26,34)/t16-,17+/m1/s1. The Kier molecular flexibility index (Phi) is 7.32. The molecule has 0 aromatic carbocycles. The Bertz CT molecular complexity index is 1220. The van der Waals surface area contributed by atoms with Crippen molar-refractivity contribution in [2.75, 3.05) is 18.4 Å². The molecule has 2 atom stereocenters. The van der Waals surface area contributed by atoms with Crippen LogP contribution in [0, 0.1) is 12.8 Å². The number of hydrogen-bond acceptors (Lipinski definition) is 7. The number of nitrogens with one attached hydrogen (secondary N) is 1. The minimum absolute atomic E-state index is 0.0366. The second-order valence-corrected chi connectivity index (χ2v) is 11.1. The van der Waals surface area contributed by atoms with Gasteiger partial charge in [0, 0.05) is 37.3 Å². The Morgan fingerprint density at radius 1 is 1.09 bits per heavy atom. The average Bonchev–Trinajstić information content (AvgIpc) is 3.09. The summed E-state index contributed by atoms with van der Waals surface area (Å²) in [5, 5.41) is 4.18. The van der Waals surface area contributed by atoms with Gasteiger partial charge < -0.3 is 24.3 Å². The predicted molar refractivity (Wildman–Crippen MR) is 140 cm³/mol. The number of thiocarbonyl (C=S) groups is 1. The molecule has 2 bridgehead atoms. The van der Waals surface area contributed by atoms with Gasteiger partial charge in [0.05, 0.1) is 17.8 Å². The van der Waals surface area contributed by atoms with Gasteiger partial charge in [0.1, 0.15) is 9.88 Å². The van der Waals surface area contributed by atoms with Gasteiger partial charge >= 0.3 is 11.9 Å². The third-order valence-electron chi connectivity index (χ3n) is 6.21. The summed E-state index contributed by atoms with van der Waals surface area (Å²) in [6.45, 7) is 10.9. The zero-order valence-corrected chi connectivity index (χ0v) is 22.3. The molecule has 188 valence electrons. The number of fused-ring (bicyclic) bond motifs is 4. The first-order valence-electron chi connectivity index (χ1n) is 11.9. The van der Waals surface area contributed by atoms with Crippen LogP contribution in [0.3, 0.4) is 0 Å². The molecule has 4 rings (SSSR count). The predicted octanol–water partition coefficient (Wildman–Crippen LogP) is 4.16. The minimum atomic E-state index is -0.508. The molecule has 2 aliphatic heterocycles. The number of esters is 2. The number of piperidine rings is 1. The highest BCUT2D eigenvalue weighted by molar-refractivity contribution is 7.80. The van der Waals surface area contributed by atoms with Crippen LogP contribution in [0.2, 0.25) is 0 Å². The third kappa shape index (κ3) is 5.28. The molecule has 4 heterocycles. The van der Waals surface area contributed by atoms with Crippen LogP contribution in [0.25, 0.3) is 0 Å². The number of anilines is 1. The van der Waals surface area contributed by atoms with Gasteiger partial charge in [-0.1, -0.05) is 6.07 Å². The fourth-order valence-electron chi connectivity index (χ4n) is 4.82. The Morgan fingerprint density at radius 2 is 1.77 bits per heavy atom. The molecule has 8 nitrogen and oxygen atoms in total. The van der Waals surface area contributed by atoms with E-state index < -0.39 is 11.9 Å². The molecule has 2 aliphatic rings. The fourth-order valence-corrected chi connectivity index (χ4v) is 6.21. The number of ether oxygens (including phenoxy) is 2. The number of likely N-dealkylation sites (tertiary alicyclic amines) is 1. The zero-order chi connectivity index (χ0) is 25.4. The number of carbonyl (C=O) groups excluding carboxylic acids is 2. The van der Waals surface area contributed by atoms with E-state index in [1.165, 1.54) is 0 Å². The molecule has 0 radical (unpaired) electrons. The van der Waals surface area contributed by atoms with Crippen LogP contribution in [0.4, 0.5) is 5.00 Å². The van der Waals surface area contributed by atoms with Crippen molar-refractivity contribution in [3.63, 3.8) is 0 Å². The molecule has 1 saturated heterocycles. The molecule has 0 unspecified atom stereocenters. The molecule has 0 amide bonds. The highest BCUT2D eigenvalue weighted by Crippen LogP contribution is 2.37. The van der Waals surface area contributed by atoms with Crippen LogP contribution in [0.1, 0.15) is 71.3 Å². The van der Waals surface area contributed by atoms with Crippen LogP contribution in [-0.2, 0) is 16.0 Å². The number of nitrogens with zero attached hydrogens (tertiary/aromatic N) is 2. The van der Waals surface area contributed by atoms with Crippen molar-refractivity contribution < 1.29 is 19.1 Å². The molecule has 1 N–H and O–H groups in total. The van der Waals surface area contributed by atoms with Gasteiger partial charge in [-0.3, -0.25) is 4.79 Å². The van der Waals surface area contributed by atoms with Crippen molar-refractivity contribution in [2.45, 2.75) is 65.7 Å². The topological polar surface area (TPSA) is 89.9 Å². The Labute approximate surface area is 214 Å². The van der Waals surface area contributed by atoms with E-state index in [9.17, 15) is 14.4 Å². The van der Waals surface area contributed by atoms with E-state index >= 15 is 0 Å². The first-order chi connectivity index (χ1) is 16.5. The molecular formula is C25H31N3O5S2. The Balaban J connectivity index is 1.59. The lowest BCUT2D eigenvalue weighted by molar-refractivity contribution is 0.0378.